The van der Waals surface area contributed by atoms with Crippen molar-refractivity contribution >= 4 is 29.3 Å². The first-order valence-corrected chi connectivity index (χ1v) is 6.36. The lowest BCUT2D eigenvalue weighted by Crippen LogP contribution is -2.19. The van der Waals surface area contributed by atoms with E-state index in [4.69, 9.17) is 16.7 Å². The second-order valence-electron chi connectivity index (χ2n) is 4.70. The minimum absolute atomic E-state index is 0.577. The van der Waals surface area contributed by atoms with E-state index in [9.17, 15) is 4.79 Å². The average molecular weight is 266 g/mol. The van der Waals surface area contributed by atoms with Crippen LogP contribution in [0.5, 0.6) is 0 Å². The molecule has 0 bridgehead atoms. The molecule has 0 saturated heterocycles. The third-order valence-electron chi connectivity index (χ3n) is 3.06. The van der Waals surface area contributed by atoms with Gasteiger partial charge in [0.2, 0.25) is 0 Å². The van der Waals surface area contributed by atoms with Gasteiger partial charge >= 0.3 is 5.97 Å². The monoisotopic (exact) mass is 265 g/mol. The fraction of sp³-hybridized carbons (Fsp3) is 0.357. The van der Waals surface area contributed by atoms with Gasteiger partial charge in [0.15, 0.2) is 0 Å². The Labute approximate surface area is 112 Å². The predicted molar refractivity (Wildman–Crippen MR) is 74.1 cm³/mol. The summed E-state index contributed by atoms with van der Waals surface area (Å²) in [5, 5.41) is 9.15. The molecule has 0 amide bonds. The Bertz CT molecular complexity index is 481. The molecular weight excluding hydrogens is 250 g/mol. The van der Waals surface area contributed by atoms with Crippen LogP contribution in [-0.2, 0) is 4.79 Å². The van der Waals surface area contributed by atoms with Gasteiger partial charge < -0.3 is 10.0 Å². The molecule has 0 radical (unpaired) electrons. The molecule has 0 aromatic heterocycles. The minimum Gasteiger partial charge on any atom is -0.478 e. The second kappa shape index (κ2) is 5.44. The van der Waals surface area contributed by atoms with Crippen molar-refractivity contribution in [3.05, 3.63) is 34.9 Å². The van der Waals surface area contributed by atoms with Crippen LogP contribution in [0.3, 0.4) is 0 Å². The third kappa shape index (κ3) is 3.50. The normalized spacial score (nSPS) is 15.0. The van der Waals surface area contributed by atoms with E-state index < -0.39 is 5.97 Å². The van der Waals surface area contributed by atoms with Crippen molar-refractivity contribution in [1.29, 1.82) is 0 Å². The highest BCUT2D eigenvalue weighted by atomic mass is 35.5. The van der Waals surface area contributed by atoms with Gasteiger partial charge in [-0.1, -0.05) is 17.7 Å². The zero-order valence-corrected chi connectivity index (χ0v) is 11.0. The number of halogens is 1. The number of rotatable bonds is 5. The van der Waals surface area contributed by atoms with E-state index in [1.165, 1.54) is 18.9 Å². The number of carbonyl (C=O) groups is 1. The summed E-state index contributed by atoms with van der Waals surface area (Å²) in [7, 11) is 2.05. The highest BCUT2D eigenvalue weighted by Crippen LogP contribution is 2.32. The molecule has 18 heavy (non-hydrogen) atoms. The van der Waals surface area contributed by atoms with Crippen LogP contribution in [0.1, 0.15) is 18.4 Å². The Hall–Kier alpha value is -1.48. The Morgan fingerprint density at radius 1 is 1.56 bits per heavy atom. The van der Waals surface area contributed by atoms with Gasteiger partial charge in [-0.3, -0.25) is 0 Å². The highest BCUT2D eigenvalue weighted by molar-refractivity contribution is 6.32. The maximum atomic E-state index is 10.4. The molecule has 96 valence electrons. The van der Waals surface area contributed by atoms with Gasteiger partial charge in [-0.25, -0.2) is 4.79 Å². The second-order valence-corrected chi connectivity index (χ2v) is 5.11. The maximum Gasteiger partial charge on any atom is 0.328 e. The Balaban J connectivity index is 2.10. The van der Waals surface area contributed by atoms with Gasteiger partial charge in [0.1, 0.15) is 0 Å². The molecule has 0 unspecified atom stereocenters. The van der Waals surface area contributed by atoms with E-state index in [0.717, 1.165) is 29.8 Å². The highest BCUT2D eigenvalue weighted by Gasteiger charge is 2.23. The summed E-state index contributed by atoms with van der Waals surface area (Å²) in [5.41, 5.74) is 1.79. The molecule has 4 heteroatoms. The lowest BCUT2D eigenvalue weighted by Gasteiger charge is -2.19. The molecule has 0 spiro atoms. The van der Waals surface area contributed by atoms with Gasteiger partial charge in [0.05, 0.1) is 0 Å². The summed E-state index contributed by atoms with van der Waals surface area (Å²) in [6, 6.07) is 5.70. The molecule has 0 aliphatic heterocycles. The fourth-order valence-corrected chi connectivity index (χ4v) is 2.08. The Morgan fingerprint density at radius 3 is 2.83 bits per heavy atom. The molecule has 1 aliphatic carbocycles. The van der Waals surface area contributed by atoms with E-state index in [1.54, 1.807) is 0 Å². The van der Waals surface area contributed by atoms with Crippen LogP contribution in [0.2, 0.25) is 5.02 Å². The first kappa shape index (κ1) is 13.0. The van der Waals surface area contributed by atoms with Crippen molar-refractivity contribution in [1.82, 2.24) is 0 Å². The number of anilines is 1. The topological polar surface area (TPSA) is 40.5 Å². The molecule has 1 aromatic rings. The van der Waals surface area contributed by atoms with Gasteiger partial charge in [-0.2, -0.15) is 0 Å². The van der Waals surface area contributed by atoms with Gasteiger partial charge in [-0.05, 0) is 42.5 Å². The third-order valence-corrected chi connectivity index (χ3v) is 3.39. The van der Waals surface area contributed by atoms with Crippen molar-refractivity contribution < 1.29 is 9.90 Å². The predicted octanol–water partition coefficient (Wildman–Crippen LogP) is 3.28. The summed E-state index contributed by atoms with van der Waals surface area (Å²) < 4.78 is 0. The minimum atomic E-state index is -0.971. The van der Waals surface area contributed by atoms with E-state index in [1.807, 2.05) is 18.2 Å². The lowest BCUT2D eigenvalue weighted by molar-refractivity contribution is -0.131. The van der Waals surface area contributed by atoms with Crippen LogP contribution in [0.4, 0.5) is 5.69 Å². The summed E-state index contributed by atoms with van der Waals surface area (Å²) in [4.78, 5) is 12.6. The number of hydrogen-bond donors (Lipinski definition) is 1. The molecule has 1 N–H and O–H groups in total. The largest absolute Gasteiger partial charge is 0.478 e. The molecule has 3 nitrogen and oxygen atoms in total. The van der Waals surface area contributed by atoms with Crippen LogP contribution in [-0.4, -0.2) is 24.7 Å². The summed E-state index contributed by atoms with van der Waals surface area (Å²) >= 11 is 6.14. The summed E-state index contributed by atoms with van der Waals surface area (Å²) in [6.45, 7) is 1.06. The number of nitrogens with zero attached hydrogens (tertiary/aromatic N) is 1. The number of carboxylic acids is 1. The number of benzene rings is 1. The SMILES string of the molecule is CN(CC1CC1)c1ccc(/C=C/C(=O)O)c(Cl)c1. The van der Waals surface area contributed by atoms with Crippen molar-refractivity contribution in [2.24, 2.45) is 5.92 Å². The van der Waals surface area contributed by atoms with Crippen molar-refractivity contribution in [3.63, 3.8) is 0 Å². The van der Waals surface area contributed by atoms with Crippen LogP contribution >= 0.6 is 11.6 Å². The Kier molecular flexibility index (Phi) is 3.92. The molecular formula is C14H16ClNO2. The standard InChI is InChI=1S/C14H16ClNO2/c1-16(9-10-2-3-10)12-6-4-11(13(15)8-12)5-7-14(17)18/h4-8,10H,2-3,9H2,1H3,(H,17,18)/b7-5+. The average Bonchev–Trinajstić information content (AvgIpc) is 3.11. The zero-order chi connectivity index (χ0) is 13.1. The fourth-order valence-electron chi connectivity index (χ4n) is 1.84. The summed E-state index contributed by atoms with van der Waals surface area (Å²) in [6.07, 6.45) is 5.24. The van der Waals surface area contributed by atoms with E-state index in [2.05, 4.69) is 11.9 Å². The smallest absolute Gasteiger partial charge is 0.328 e. The van der Waals surface area contributed by atoms with Crippen LogP contribution in [0, 0.1) is 5.92 Å². The molecule has 1 saturated carbocycles. The maximum absolute atomic E-state index is 10.4. The van der Waals surface area contributed by atoms with Crippen molar-refractivity contribution in [2.75, 3.05) is 18.5 Å². The van der Waals surface area contributed by atoms with Crippen LogP contribution in [0.15, 0.2) is 24.3 Å². The summed E-state index contributed by atoms with van der Waals surface area (Å²) in [5.74, 6) is -0.152. The first-order chi connectivity index (χ1) is 8.56. The molecule has 1 fully saturated rings. The van der Waals surface area contributed by atoms with E-state index >= 15 is 0 Å². The van der Waals surface area contributed by atoms with Gasteiger partial charge in [0.25, 0.3) is 0 Å². The Morgan fingerprint density at radius 2 is 2.28 bits per heavy atom. The molecule has 1 aromatic carbocycles. The van der Waals surface area contributed by atoms with Crippen molar-refractivity contribution in [2.45, 2.75) is 12.8 Å². The molecule has 0 atom stereocenters. The lowest BCUT2D eigenvalue weighted by atomic mass is 10.1. The number of aliphatic carboxylic acids is 1. The molecule has 1 aliphatic rings. The first-order valence-electron chi connectivity index (χ1n) is 5.98. The molecule has 2 rings (SSSR count). The zero-order valence-electron chi connectivity index (χ0n) is 10.3. The molecule has 0 heterocycles. The van der Waals surface area contributed by atoms with E-state index in [-0.39, 0.29) is 0 Å². The number of hydrogen-bond acceptors (Lipinski definition) is 2. The van der Waals surface area contributed by atoms with Gasteiger partial charge in [0, 0.05) is 30.4 Å². The quantitative estimate of drug-likeness (QED) is 0.831. The van der Waals surface area contributed by atoms with Crippen LogP contribution < -0.4 is 4.90 Å². The van der Waals surface area contributed by atoms with E-state index in [0.29, 0.717) is 5.02 Å². The van der Waals surface area contributed by atoms with Gasteiger partial charge in [-0.15, -0.1) is 0 Å². The number of carboxylic acid groups (broad SMARTS) is 1. The van der Waals surface area contributed by atoms with Crippen LogP contribution in [0.25, 0.3) is 6.08 Å². The van der Waals surface area contributed by atoms with Crippen molar-refractivity contribution in [3.8, 4) is 0 Å².